The molecule has 4 aliphatic rings. The van der Waals surface area contributed by atoms with E-state index in [1.807, 2.05) is 4.90 Å². The van der Waals surface area contributed by atoms with Crippen LogP contribution in [0.25, 0.3) is 11.0 Å². The fraction of sp³-hybridized carbons (Fsp3) is 0.636. The van der Waals surface area contributed by atoms with Gasteiger partial charge in [0.05, 0.1) is 17.5 Å². The van der Waals surface area contributed by atoms with Crippen LogP contribution in [-0.2, 0) is 22.1 Å². The molecule has 34 heavy (non-hydrogen) atoms. The van der Waals surface area contributed by atoms with Crippen molar-refractivity contribution >= 4 is 23.0 Å². The van der Waals surface area contributed by atoms with Crippen molar-refractivity contribution in [1.29, 1.82) is 0 Å². The van der Waals surface area contributed by atoms with Gasteiger partial charge in [-0.2, -0.15) is 18.3 Å². The first kappa shape index (κ1) is 21.6. The highest BCUT2D eigenvalue weighted by molar-refractivity contribution is 5.79. The lowest BCUT2D eigenvalue weighted by atomic mass is 9.57. The lowest BCUT2D eigenvalue weighted by molar-refractivity contribution is -0.140. The fourth-order valence-electron chi connectivity index (χ4n) is 6.11. The average Bonchev–Trinajstić information content (AvgIpc) is 3.17. The number of urea groups is 1. The van der Waals surface area contributed by atoms with E-state index in [9.17, 15) is 22.8 Å². The van der Waals surface area contributed by atoms with Gasteiger partial charge in [-0.15, -0.1) is 0 Å². The van der Waals surface area contributed by atoms with Crippen molar-refractivity contribution in [3.05, 3.63) is 23.5 Å². The number of likely N-dealkylation sites (tertiary alicyclic amines) is 2. The quantitative estimate of drug-likeness (QED) is 0.687. The van der Waals surface area contributed by atoms with Gasteiger partial charge in [-0.1, -0.05) is 0 Å². The number of morpholine rings is 1. The molecule has 9 nitrogen and oxygen atoms in total. The lowest BCUT2D eigenvalue weighted by Gasteiger charge is -2.60. The molecule has 3 saturated heterocycles. The minimum absolute atomic E-state index is 0.0131. The third-order valence-corrected chi connectivity index (χ3v) is 7.61. The maximum absolute atomic E-state index is 13.0. The Morgan fingerprint density at radius 2 is 2.03 bits per heavy atom. The number of amides is 3. The monoisotopic (exact) mass is 478 g/mol. The number of piperidine rings is 1. The predicted octanol–water partition coefficient (Wildman–Crippen LogP) is 1.94. The Balaban J connectivity index is 1.00. The number of ether oxygens (including phenoxy) is 1. The van der Waals surface area contributed by atoms with Crippen LogP contribution in [0.15, 0.2) is 12.1 Å². The first-order valence-electron chi connectivity index (χ1n) is 11.6. The molecule has 3 amide bonds. The maximum Gasteiger partial charge on any atom is 0.435 e. The normalized spacial score (nSPS) is 26.7. The number of hydrogen-bond donors (Lipinski definition) is 2. The Morgan fingerprint density at radius 1 is 1.24 bits per heavy atom. The molecule has 1 spiro atoms. The van der Waals surface area contributed by atoms with Crippen molar-refractivity contribution in [3.8, 4) is 0 Å². The van der Waals surface area contributed by atoms with Crippen molar-refractivity contribution in [3.63, 3.8) is 0 Å². The number of carbonyl (C=O) groups excluding carboxylic acids is 2. The van der Waals surface area contributed by atoms with Crippen LogP contribution in [0.1, 0.15) is 30.7 Å². The number of alkyl halides is 3. The van der Waals surface area contributed by atoms with Crippen LogP contribution >= 0.6 is 0 Å². The summed E-state index contributed by atoms with van der Waals surface area (Å²) in [6, 6.07) is 2.95. The van der Waals surface area contributed by atoms with Gasteiger partial charge in [0.1, 0.15) is 6.61 Å². The molecule has 182 valence electrons. The molecular weight excluding hydrogens is 453 g/mol. The molecule has 0 aromatic carbocycles. The van der Waals surface area contributed by atoms with Crippen LogP contribution in [0.3, 0.4) is 0 Å². The van der Waals surface area contributed by atoms with E-state index in [0.29, 0.717) is 25.4 Å². The minimum atomic E-state index is -4.51. The number of hydrogen-bond acceptors (Lipinski definition) is 5. The van der Waals surface area contributed by atoms with E-state index in [2.05, 4.69) is 20.5 Å². The Labute approximate surface area is 193 Å². The maximum atomic E-state index is 13.0. The summed E-state index contributed by atoms with van der Waals surface area (Å²) in [6.07, 6.45) is -1.17. The van der Waals surface area contributed by atoms with Gasteiger partial charge in [0.25, 0.3) is 0 Å². The molecule has 2 aromatic heterocycles. The van der Waals surface area contributed by atoms with Crippen LogP contribution in [0, 0.1) is 11.3 Å². The summed E-state index contributed by atoms with van der Waals surface area (Å²) >= 11 is 0. The predicted molar refractivity (Wildman–Crippen MR) is 113 cm³/mol. The zero-order valence-corrected chi connectivity index (χ0v) is 18.4. The molecule has 6 rings (SSSR count). The third-order valence-electron chi connectivity index (χ3n) is 7.61. The Bertz CT molecular complexity index is 1140. The fourth-order valence-corrected chi connectivity index (χ4v) is 6.11. The second kappa shape index (κ2) is 7.56. The average molecular weight is 478 g/mol. The number of carbonyl (C=O) groups is 2. The molecule has 0 radical (unpaired) electrons. The highest BCUT2D eigenvalue weighted by atomic mass is 19.4. The molecule has 1 saturated carbocycles. The molecule has 1 aliphatic carbocycles. The molecule has 2 N–H and O–H groups in total. The molecule has 5 heterocycles. The molecule has 4 fully saturated rings. The summed E-state index contributed by atoms with van der Waals surface area (Å²) in [4.78, 5) is 32.5. The number of H-pyrrole nitrogens is 1. The summed E-state index contributed by atoms with van der Waals surface area (Å²) in [7, 11) is 0. The van der Waals surface area contributed by atoms with Gasteiger partial charge in [-0.25, -0.2) is 9.78 Å². The first-order valence-corrected chi connectivity index (χ1v) is 11.6. The zero-order valence-electron chi connectivity index (χ0n) is 18.4. The van der Waals surface area contributed by atoms with Crippen LogP contribution in [-0.4, -0.2) is 81.9 Å². The minimum Gasteiger partial charge on any atom is -0.366 e. The molecule has 0 unspecified atom stereocenters. The topological polar surface area (TPSA) is 103 Å². The van der Waals surface area contributed by atoms with E-state index in [1.54, 1.807) is 11.0 Å². The van der Waals surface area contributed by atoms with Gasteiger partial charge in [-0.3, -0.25) is 9.89 Å². The number of aromatic amines is 1. The summed E-state index contributed by atoms with van der Waals surface area (Å²) < 4.78 is 44.5. The molecular formula is C22H25F3N6O3. The second-order valence-electron chi connectivity index (χ2n) is 10.1. The second-order valence-corrected chi connectivity index (χ2v) is 10.1. The number of fused-ring (bicyclic) bond motifs is 2. The number of halogens is 3. The summed E-state index contributed by atoms with van der Waals surface area (Å²) in [5.41, 5.74) is 0.104. The van der Waals surface area contributed by atoms with Gasteiger partial charge in [0.2, 0.25) is 5.91 Å². The Morgan fingerprint density at radius 3 is 2.79 bits per heavy atom. The molecule has 12 heteroatoms. The van der Waals surface area contributed by atoms with E-state index in [0.717, 1.165) is 38.0 Å². The number of nitrogens with one attached hydrogen (secondary N) is 2. The first-order chi connectivity index (χ1) is 16.2. The van der Waals surface area contributed by atoms with Crippen molar-refractivity contribution in [2.24, 2.45) is 11.3 Å². The van der Waals surface area contributed by atoms with Crippen LogP contribution in [0.5, 0.6) is 0 Å². The van der Waals surface area contributed by atoms with Crippen LogP contribution in [0.2, 0.25) is 0 Å². The van der Waals surface area contributed by atoms with Gasteiger partial charge < -0.3 is 19.9 Å². The number of nitrogens with zero attached hydrogens (tertiary/aromatic N) is 4. The largest absolute Gasteiger partial charge is 0.435 e. The van der Waals surface area contributed by atoms with Gasteiger partial charge in [0, 0.05) is 37.3 Å². The smallest absolute Gasteiger partial charge is 0.366 e. The third kappa shape index (κ3) is 3.68. The number of pyridine rings is 1. The van der Waals surface area contributed by atoms with Crippen LogP contribution < -0.4 is 5.32 Å². The highest BCUT2D eigenvalue weighted by Crippen LogP contribution is 2.53. The number of aromatic nitrogens is 3. The van der Waals surface area contributed by atoms with E-state index in [-0.39, 0.29) is 47.1 Å². The summed E-state index contributed by atoms with van der Waals surface area (Å²) in [5.74, 6) is 0.262. The standard InChI is InChI=1S/C22H25F3N6O3/c23-22(24,25)18-14-2-1-13(26-19(14)29-28-18)5-12-6-21(7-12)10-31(11-21)20(33)30-4-3-16-15(8-30)27-17(32)9-34-16/h1-2,12,15-16H,3-11H2,(H,27,32)(H,26,28,29)/t15-,16+/m1/s1. The highest BCUT2D eigenvalue weighted by Gasteiger charge is 2.54. The van der Waals surface area contributed by atoms with Gasteiger partial charge in [0.15, 0.2) is 11.3 Å². The zero-order chi connectivity index (χ0) is 23.7. The van der Waals surface area contributed by atoms with Crippen molar-refractivity contribution < 1.29 is 27.5 Å². The van der Waals surface area contributed by atoms with Gasteiger partial charge >= 0.3 is 12.2 Å². The van der Waals surface area contributed by atoms with Crippen molar-refractivity contribution in [2.75, 3.05) is 32.8 Å². The molecule has 2 atom stereocenters. The molecule has 2 aromatic rings. The van der Waals surface area contributed by atoms with E-state index < -0.39 is 11.9 Å². The van der Waals surface area contributed by atoms with Crippen LogP contribution in [0.4, 0.5) is 18.0 Å². The Kier molecular flexibility index (Phi) is 4.81. The number of rotatable bonds is 2. The van der Waals surface area contributed by atoms with E-state index in [4.69, 9.17) is 4.74 Å². The molecule has 3 aliphatic heterocycles. The summed E-state index contributed by atoms with van der Waals surface area (Å²) in [5, 5.41) is 8.67. The molecule has 0 bridgehead atoms. The van der Waals surface area contributed by atoms with Crippen molar-refractivity contribution in [1.82, 2.24) is 30.3 Å². The lowest BCUT2D eigenvalue weighted by Crippen LogP contribution is -2.68. The van der Waals surface area contributed by atoms with E-state index in [1.165, 1.54) is 6.07 Å². The summed E-state index contributed by atoms with van der Waals surface area (Å²) in [6.45, 7) is 2.62. The van der Waals surface area contributed by atoms with Gasteiger partial charge in [-0.05, 0) is 43.7 Å². The van der Waals surface area contributed by atoms with Crippen molar-refractivity contribution in [2.45, 2.75) is 44.0 Å². The SMILES string of the molecule is O=C1CO[C@H]2CCN(C(=O)N3CC4(CC(Cc5ccc6c(C(F)(F)F)n[nH]c6n5)C4)C3)C[C@H]2N1. The van der Waals surface area contributed by atoms with E-state index >= 15 is 0 Å². The Hall–Kier alpha value is -2.89.